The van der Waals surface area contributed by atoms with E-state index in [2.05, 4.69) is 26.7 Å². The zero-order chi connectivity index (χ0) is 9.68. The van der Waals surface area contributed by atoms with Crippen LogP contribution in [0.2, 0.25) is 0 Å². The van der Waals surface area contributed by atoms with Gasteiger partial charge < -0.3 is 9.64 Å². The molecule has 0 radical (unpaired) electrons. The number of hydrogen-bond donors (Lipinski definition) is 0. The first-order valence-corrected chi connectivity index (χ1v) is 5.01. The van der Waals surface area contributed by atoms with Crippen molar-refractivity contribution >= 4 is 21.8 Å². The van der Waals surface area contributed by atoms with Gasteiger partial charge in [0.15, 0.2) is 0 Å². The highest BCUT2D eigenvalue weighted by Gasteiger charge is 2.20. The molecule has 1 heterocycles. The minimum absolute atomic E-state index is 0.135. The van der Waals surface area contributed by atoms with Gasteiger partial charge in [-0.15, -0.1) is 0 Å². The van der Waals surface area contributed by atoms with E-state index < -0.39 is 0 Å². The van der Waals surface area contributed by atoms with Crippen LogP contribution in [0.4, 0.5) is 0 Å². The molecule has 3 nitrogen and oxygen atoms in total. The Labute approximate surface area is 86.6 Å². The van der Waals surface area contributed by atoms with Crippen molar-refractivity contribution in [2.45, 2.75) is 18.9 Å². The minimum atomic E-state index is -0.135. The van der Waals surface area contributed by atoms with Gasteiger partial charge in [-0.1, -0.05) is 0 Å². The van der Waals surface area contributed by atoms with Gasteiger partial charge in [0.1, 0.15) is 0 Å². The normalized spacial score (nSPS) is 17.4. The minimum Gasteiger partial charge on any atom is -0.381 e. The zero-order valence-corrected chi connectivity index (χ0v) is 9.13. The number of rotatable bonds is 1. The van der Waals surface area contributed by atoms with E-state index in [0.29, 0.717) is 0 Å². The number of carbonyl (C=O) groups is 1. The lowest BCUT2D eigenvalue weighted by Gasteiger charge is -2.29. The topological polar surface area (TPSA) is 29.5 Å². The molecule has 0 bridgehead atoms. The molecule has 4 heteroatoms. The predicted molar refractivity (Wildman–Crippen MR) is 53.3 cm³/mol. The second-order valence-electron chi connectivity index (χ2n) is 2.98. The van der Waals surface area contributed by atoms with E-state index in [1.165, 1.54) is 0 Å². The van der Waals surface area contributed by atoms with Crippen LogP contribution in [0.3, 0.4) is 0 Å². The molecule has 72 valence electrons. The first-order chi connectivity index (χ1) is 6.25. The van der Waals surface area contributed by atoms with E-state index >= 15 is 0 Å². The highest BCUT2D eigenvalue weighted by atomic mass is 79.9. The Morgan fingerprint density at radius 2 is 2.15 bits per heavy atom. The molecule has 13 heavy (non-hydrogen) atoms. The van der Waals surface area contributed by atoms with Crippen molar-refractivity contribution in [3.05, 3.63) is 0 Å². The highest BCUT2D eigenvalue weighted by molar-refractivity contribution is 9.12. The van der Waals surface area contributed by atoms with Gasteiger partial charge in [0, 0.05) is 48.2 Å². The average molecular weight is 246 g/mol. The summed E-state index contributed by atoms with van der Waals surface area (Å²) >= 11 is 2.91. The molecule has 0 atom stereocenters. The highest BCUT2D eigenvalue weighted by Crippen LogP contribution is 2.12. The Kier molecular flexibility index (Phi) is 4.26. The summed E-state index contributed by atoms with van der Waals surface area (Å²) < 4.78 is 5.21. The summed E-state index contributed by atoms with van der Waals surface area (Å²) in [6, 6.07) is 0.287. The summed E-state index contributed by atoms with van der Waals surface area (Å²) in [5.41, 5.74) is 0. The summed E-state index contributed by atoms with van der Waals surface area (Å²) in [4.78, 5) is 15.4. The van der Waals surface area contributed by atoms with Crippen LogP contribution < -0.4 is 0 Å². The maximum Gasteiger partial charge on any atom is 0.299 e. The van der Waals surface area contributed by atoms with Crippen molar-refractivity contribution in [3.8, 4) is 10.8 Å². The van der Waals surface area contributed by atoms with Crippen LogP contribution in [0, 0.1) is 10.8 Å². The van der Waals surface area contributed by atoms with Crippen molar-refractivity contribution in [2.24, 2.45) is 0 Å². The molecule has 0 aromatic carbocycles. The molecule has 1 saturated heterocycles. The van der Waals surface area contributed by atoms with Crippen molar-refractivity contribution in [1.82, 2.24) is 4.90 Å². The van der Waals surface area contributed by atoms with Crippen molar-refractivity contribution in [2.75, 3.05) is 20.3 Å². The van der Waals surface area contributed by atoms with E-state index in [-0.39, 0.29) is 11.9 Å². The maximum absolute atomic E-state index is 11.3. The first-order valence-electron chi connectivity index (χ1n) is 4.22. The quantitative estimate of drug-likeness (QED) is 0.645. The van der Waals surface area contributed by atoms with E-state index in [1.54, 1.807) is 11.9 Å². The molecule has 0 aliphatic carbocycles. The molecule has 1 aliphatic heterocycles. The SMILES string of the molecule is CN(C(=O)C#CBr)C1CCOCC1. The van der Waals surface area contributed by atoms with Crippen LogP contribution in [0.1, 0.15) is 12.8 Å². The molecule has 1 fully saturated rings. The van der Waals surface area contributed by atoms with E-state index in [1.807, 2.05) is 0 Å². The van der Waals surface area contributed by atoms with E-state index in [0.717, 1.165) is 26.1 Å². The molecular formula is C9H12BrNO2. The number of amides is 1. The number of carbonyl (C=O) groups excluding carboxylic acids is 1. The Bertz CT molecular complexity index is 238. The summed E-state index contributed by atoms with van der Waals surface area (Å²) in [5.74, 6) is 2.32. The second kappa shape index (κ2) is 5.25. The van der Waals surface area contributed by atoms with Gasteiger partial charge in [-0.05, 0) is 17.7 Å². The summed E-state index contributed by atoms with van der Waals surface area (Å²) in [5, 5.41) is 0. The van der Waals surface area contributed by atoms with Gasteiger partial charge in [0.25, 0.3) is 5.91 Å². The fraction of sp³-hybridized carbons (Fsp3) is 0.667. The molecule has 1 amide bonds. The fourth-order valence-electron chi connectivity index (χ4n) is 1.37. The van der Waals surface area contributed by atoms with Gasteiger partial charge in [-0.2, -0.15) is 0 Å². The number of hydrogen-bond acceptors (Lipinski definition) is 2. The standard InChI is InChI=1S/C9H12BrNO2/c1-11(9(12)2-5-10)8-3-6-13-7-4-8/h8H,3-4,6-7H2,1H3. The lowest BCUT2D eigenvalue weighted by molar-refractivity contribution is -0.127. The number of nitrogens with zero attached hydrogens (tertiary/aromatic N) is 1. The van der Waals surface area contributed by atoms with Crippen molar-refractivity contribution in [3.63, 3.8) is 0 Å². The van der Waals surface area contributed by atoms with Crippen LogP contribution in [0.5, 0.6) is 0 Å². The van der Waals surface area contributed by atoms with Crippen LogP contribution in [-0.4, -0.2) is 37.1 Å². The van der Waals surface area contributed by atoms with E-state index in [4.69, 9.17) is 4.74 Å². The summed E-state index contributed by atoms with van der Waals surface area (Å²) in [7, 11) is 1.79. The second-order valence-corrected chi connectivity index (χ2v) is 3.38. The molecule has 0 unspecified atom stereocenters. The largest absolute Gasteiger partial charge is 0.381 e. The molecule has 0 N–H and O–H groups in total. The zero-order valence-electron chi connectivity index (χ0n) is 7.55. The van der Waals surface area contributed by atoms with Crippen LogP contribution in [-0.2, 0) is 9.53 Å². The van der Waals surface area contributed by atoms with Crippen LogP contribution in [0.25, 0.3) is 0 Å². The molecule has 0 aromatic heterocycles. The van der Waals surface area contributed by atoms with Gasteiger partial charge in [-0.3, -0.25) is 4.79 Å². The lowest BCUT2D eigenvalue weighted by Crippen LogP contribution is -2.39. The Morgan fingerprint density at radius 3 is 2.69 bits per heavy atom. The maximum atomic E-state index is 11.3. The monoisotopic (exact) mass is 245 g/mol. The lowest BCUT2D eigenvalue weighted by atomic mass is 10.1. The van der Waals surface area contributed by atoms with Gasteiger partial charge in [0.2, 0.25) is 0 Å². The summed E-state index contributed by atoms with van der Waals surface area (Å²) in [6.07, 6.45) is 1.82. The smallest absolute Gasteiger partial charge is 0.299 e. The Morgan fingerprint density at radius 1 is 1.54 bits per heavy atom. The van der Waals surface area contributed by atoms with Crippen molar-refractivity contribution in [1.29, 1.82) is 0 Å². The fourth-order valence-corrected chi connectivity index (χ4v) is 1.54. The predicted octanol–water partition coefficient (Wildman–Crippen LogP) is 0.980. The van der Waals surface area contributed by atoms with Crippen molar-refractivity contribution < 1.29 is 9.53 Å². The Balaban J connectivity index is 2.48. The third-order valence-electron chi connectivity index (χ3n) is 2.21. The number of ether oxygens (including phenoxy) is 1. The van der Waals surface area contributed by atoms with Gasteiger partial charge in [0.05, 0.1) is 0 Å². The molecule has 1 rings (SSSR count). The third kappa shape index (κ3) is 3.02. The molecule has 0 saturated carbocycles. The molecule has 0 spiro atoms. The first kappa shape index (κ1) is 10.6. The van der Waals surface area contributed by atoms with Gasteiger partial charge >= 0.3 is 0 Å². The van der Waals surface area contributed by atoms with Crippen LogP contribution >= 0.6 is 15.9 Å². The molecule has 0 aromatic rings. The number of halogens is 1. The van der Waals surface area contributed by atoms with Gasteiger partial charge in [-0.25, -0.2) is 0 Å². The van der Waals surface area contributed by atoms with Crippen LogP contribution in [0.15, 0.2) is 0 Å². The molecular weight excluding hydrogens is 234 g/mol. The average Bonchev–Trinajstić information content (AvgIpc) is 2.18. The summed E-state index contributed by atoms with van der Waals surface area (Å²) in [6.45, 7) is 1.48. The molecule has 1 aliphatic rings. The third-order valence-corrected chi connectivity index (χ3v) is 2.41. The Hall–Kier alpha value is -0.530. The van der Waals surface area contributed by atoms with E-state index in [9.17, 15) is 4.79 Å².